The number of hydrogen-bond acceptors (Lipinski definition) is 4. The summed E-state index contributed by atoms with van der Waals surface area (Å²) in [6, 6.07) is 15.1. The number of hydrogen-bond donors (Lipinski definition) is 1. The number of para-hydroxylation sites is 1. The standard InChI is InChI=1S/C18H20O4/c19-18-15(21-13-14-7-2-1-3-8-14)9-6-10-16(18)22-17-11-4-5-12-20-17/h1-3,6-10,17,19H,4-5,11-13H2. The summed E-state index contributed by atoms with van der Waals surface area (Å²) in [5.74, 6) is 0.835. The molecule has 22 heavy (non-hydrogen) atoms. The van der Waals surface area contributed by atoms with E-state index in [0.717, 1.165) is 24.8 Å². The summed E-state index contributed by atoms with van der Waals surface area (Å²) in [6.45, 7) is 1.10. The van der Waals surface area contributed by atoms with Crippen LogP contribution in [-0.2, 0) is 11.3 Å². The summed E-state index contributed by atoms with van der Waals surface area (Å²) >= 11 is 0. The van der Waals surface area contributed by atoms with Crippen molar-refractivity contribution >= 4 is 0 Å². The summed E-state index contributed by atoms with van der Waals surface area (Å²) in [7, 11) is 0. The van der Waals surface area contributed by atoms with Crippen LogP contribution in [0.25, 0.3) is 0 Å². The first-order valence-corrected chi connectivity index (χ1v) is 7.60. The first-order chi connectivity index (χ1) is 10.8. The van der Waals surface area contributed by atoms with Crippen LogP contribution in [-0.4, -0.2) is 18.0 Å². The van der Waals surface area contributed by atoms with Crippen molar-refractivity contribution in [2.75, 3.05) is 6.61 Å². The Bertz CT molecular complexity index is 591. The van der Waals surface area contributed by atoms with Gasteiger partial charge in [0.05, 0.1) is 6.61 Å². The highest BCUT2D eigenvalue weighted by atomic mass is 16.7. The van der Waals surface area contributed by atoms with Crippen molar-refractivity contribution < 1.29 is 19.3 Å². The van der Waals surface area contributed by atoms with Gasteiger partial charge in [-0.25, -0.2) is 0 Å². The SMILES string of the molecule is Oc1c(OCc2ccccc2)cccc1OC1CCCCO1. The van der Waals surface area contributed by atoms with E-state index in [9.17, 15) is 5.11 Å². The smallest absolute Gasteiger partial charge is 0.200 e. The molecule has 2 aromatic carbocycles. The molecule has 0 spiro atoms. The molecule has 0 amide bonds. The minimum atomic E-state index is -0.288. The molecule has 116 valence electrons. The van der Waals surface area contributed by atoms with Crippen LogP contribution >= 0.6 is 0 Å². The van der Waals surface area contributed by atoms with Crippen LogP contribution in [0.3, 0.4) is 0 Å². The van der Waals surface area contributed by atoms with Crippen LogP contribution in [0, 0.1) is 0 Å². The minimum absolute atomic E-state index is 0.0209. The lowest BCUT2D eigenvalue weighted by Crippen LogP contribution is -2.25. The van der Waals surface area contributed by atoms with Crippen molar-refractivity contribution in [1.82, 2.24) is 0 Å². The Morgan fingerprint density at radius 3 is 2.59 bits per heavy atom. The summed E-state index contributed by atoms with van der Waals surface area (Å²) in [5, 5.41) is 10.3. The second kappa shape index (κ2) is 7.18. The molecule has 0 aromatic heterocycles. The molecule has 2 aromatic rings. The maximum atomic E-state index is 10.3. The predicted molar refractivity (Wildman–Crippen MR) is 83.1 cm³/mol. The van der Waals surface area contributed by atoms with E-state index in [1.54, 1.807) is 18.2 Å². The molecule has 1 unspecified atom stereocenters. The molecule has 1 N–H and O–H groups in total. The van der Waals surface area contributed by atoms with Crippen LogP contribution in [0.2, 0.25) is 0 Å². The maximum absolute atomic E-state index is 10.3. The summed E-state index contributed by atoms with van der Waals surface area (Å²) in [6.07, 6.45) is 2.69. The van der Waals surface area contributed by atoms with E-state index in [1.807, 2.05) is 30.3 Å². The van der Waals surface area contributed by atoms with Crippen molar-refractivity contribution in [2.24, 2.45) is 0 Å². The second-order valence-electron chi connectivity index (χ2n) is 5.29. The van der Waals surface area contributed by atoms with Crippen LogP contribution in [0.15, 0.2) is 48.5 Å². The van der Waals surface area contributed by atoms with E-state index in [4.69, 9.17) is 14.2 Å². The maximum Gasteiger partial charge on any atom is 0.200 e. The third-order valence-electron chi connectivity index (χ3n) is 3.60. The molecule has 0 radical (unpaired) electrons. The number of rotatable bonds is 5. The number of aromatic hydroxyl groups is 1. The number of benzene rings is 2. The van der Waals surface area contributed by atoms with Crippen LogP contribution < -0.4 is 9.47 Å². The van der Waals surface area contributed by atoms with Gasteiger partial charge < -0.3 is 19.3 Å². The highest BCUT2D eigenvalue weighted by molar-refractivity contribution is 5.50. The molecule has 0 aliphatic carbocycles. The second-order valence-corrected chi connectivity index (χ2v) is 5.29. The van der Waals surface area contributed by atoms with E-state index in [-0.39, 0.29) is 12.0 Å². The first-order valence-electron chi connectivity index (χ1n) is 7.60. The lowest BCUT2D eigenvalue weighted by Gasteiger charge is -2.24. The molecular weight excluding hydrogens is 280 g/mol. The van der Waals surface area contributed by atoms with Gasteiger partial charge in [0.2, 0.25) is 5.75 Å². The van der Waals surface area contributed by atoms with Crippen LogP contribution in [0.4, 0.5) is 0 Å². The van der Waals surface area contributed by atoms with Crippen molar-refractivity contribution in [2.45, 2.75) is 32.2 Å². The van der Waals surface area contributed by atoms with E-state index >= 15 is 0 Å². The average Bonchev–Trinajstić information content (AvgIpc) is 2.58. The zero-order valence-corrected chi connectivity index (χ0v) is 12.4. The topological polar surface area (TPSA) is 47.9 Å². The van der Waals surface area contributed by atoms with E-state index in [2.05, 4.69) is 0 Å². The fourth-order valence-corrected chi connectivity index (χ4v) is 2.39. The Labute approximate surface area is 130 Å². The van der Waals surface area contributed by atoms with Crippen LogP contribution in [0.1, 0.15) is 24.8 Å². The van der Waals surface area contributed by atoms with Gasteiger partial charge in [-0.15, -0.1) is 0 Å². The number of phenolic OH excluding ortho intramolecular Hbond substituents is 1. The van der Waals surface area contributed by atoms with Gasteiger partial charge in [-0.3, -0.25) is 0 Å². The van der Waals surface area contributed by atoms with Crippen molar-refractivity contribution in [3.63, 3.8) is 0 Å². The molecule has 1 aliphatic heterocycles. The summed E-state index contributed by atoms with van der Waals surface area (Å²) in [4.78, 5) is 0. The molecule has 1 saturated heterocycles. The molecule has 1 heterocycles. The third kappa shape index (κ3) is 3.71. The van der Waals surface area contributed by atoms with E-state index in [1.165, 1.54) is 0 Å². The lowest BCUT2D eigenvalue weighted by atomic mass is 10.2. The molecular formula is C18H20O4. The van der Waals surface area contributed by atoms with Crippen LogP contribution in [0.5, 0.6) is 17.2 Å². The molecule has 1 fully saturated rings. The highest BCUT2D eigenvalue weighted by Crippen LogP contribution is 2.37. The Hall–Kier alpha value is -2.20. The monoisotopic (exact) mass is 300 g/mol. The zero-order valence-electron chi connectivity index (χ0n) is 12.4. The van der Waals surface area contributed by atoms with Gasteiger partial charge in [0.15, 0.2) is 17.8 Å². The Balaban J connectivity index is 1.66. The third-order valence-corrected chi connectivity index (χ3v) is 3.60. The molecule has 0 bridgehead atoms. The van der Waals surface area contributed by atoms with Crippen molar-refractivity contribution in [1.29, 1.82) is 0 Å². The number of phenols is 1. The molecule has 3 rings (SSSR count). The molecule has 1 atom stereocenters. The van der Waals surface area contributed by atoms with Gasteiger partial charge in [-0.05, 0) is 30.5 Å². The van der Waals surface area contributed by atoms with E-state index < -0.39 is 0 Å². The zero-order chi connectivity index (χ0) is 15.2. The Kier molecular flexibility index (Phi) is 4.81. The first kappa shape index (κ1) is 14.7. The van der Waals surface area contributed by atoms with Gasteiger partial charge in [0.1, 0.15) is 6.61 Å². The number of ether oxygens (including phenoxy) is 3. The summed E-state index contributed by atoms with van der Waals surface area (Å²) < 4.78 is 16.9. The normalized spacial score (nSPS) is 17.9. The Morgan fingerprint density at radius 1 is 1.00 bits per heavy atom. The van der Waals surface area contributed by atoms with Gasteiger partial charge in [-0.2, -0.15) is 0 Å². The van der Waals surface area contributed by atoms with E-state index in [0.29, 0.717) is 24.7 Å². The van der Waals surface area contributed by atoms with Crippen molar-refractivity contribution in [3.8, 4) is 17.2 Å². The Morgan fingerprint density at radius 2 is 1.82 bits per heavy atom. The average molecular weight is 300 g/mol. The minimum Gasteiger partial charge on any atom is -0.502 e. The molecule has 4 nitrogen and oxygen atoms in total. The van der Waals surface area contributed by atoms with Crippen molar-refractivity contribution in [3.05, 3.63) is 54.1 Å². The fraction of sp³-hybridized carbons (Fsp3) is 0.333. The predicted octanol–water partition coefficient (Wildman–Crippen LogP) is 3.88. The fourth-order valence-electron chi connectivity index (χ4n) is 2.39. The largest absolute Gasteiger partial charge is 0.502 e. The van der Waals surface area contributed by atoms with Gasteiger partial charge in [0, 0.05) is 6.42 Å². The quantitative estimate of drug-likeness (QED) is 0.910. The van der Waals surface area contributed by atoms with Gasteiger partial charge in [0.25, 0.3) is 0 Å². The molecule has 0 saturated carbocycles. The molecule has 1 aliphatic rings. The van der Waals surface area contributed by atoms with Gasteiger partial charge >= 0.3 is 0 Å². The van der Waals surface area contributed by atoms with Gasteiger partial charge in [-0.1, -0.05) is 36.4 Å². The highest BCUT2D eigenvalue weighted by Gasteiger charge is 2.18. The summed E-state index contributed by atoms with van der Waals surface area (Å²) in [5.41, 5.74) is 1.05. The molecule has 4 heteroatoms. The lowest BCUT2D eigenvalue weighted by molar-refractivity contribution is -0.106.